The van der Waals surface area contributed by atoms with E-state index in [0.29, 0.717) is 0 Å². The minimum atomic E-state index is 1.01. The van der Waals surface area contributed by atoms with Gasteiger partial charge in [0.15, 0.2) is 0 Å². The maximum Gasteiger partial charge on any atom is 0.0273 e. The second-order valence-electron chi connectivity index (χ2n) is 3.53. The van der Waals surface area contributed by atoms with Crippen LogP contribution >= 0.6 is 0 Å². The molecule has 1 nitrogen and oxygen atoms in total. The highest BCUT2D eigenvalue weighted by molar-refractivity contribution is 5.66. The molecule has 0 saturated heterocycles. The summed E-state index contributed by atoms with van der Waals surface area (Å²) in [5.41, 5.74) is 2.69. The van der Waals surface area contributed by atoms with Crippen LogP contribution in [0.2, 0.25) is 0 Å². The summed E-state index contributed by atoms with van der Waals surface area (Å²) in [6.07, 6.45) is 13.7. The number of hydrogen-bond donors (Lipinski definition) is 0. The van der Waals surface area contributed by atoms with Crippen LogP contribution in [0.3, 0.4) is 0 Å². The van der Waals surface area contributed by atoms with E-state index in [-0.39, 0.29) is 0 Å². The SMILES string of the molecule is CC=CCC(=CCCC)c1ccncc1. The van der Waals surface area contributed by atoms with Crippen molar-refractivity contribution in [3.8, 4) is 0 Å². The van der Waals surface area contributed by atoms with Gasteiger partial charge in [-0.3, -0.25) is 4.98 Å². The molecule has 0 fully saturated rings. The van der Waals surface area contributed by atoms with Crippen LogP contribution in [-0.2, 0) is 0 Å². The maximum atomic E-state index is 4.04. The second-order valence-corrected chi connectivity index (χ2v) is 3.53. The van der Waals surface area contributed by atoms with Gasteiger partial charge in [-0.15, -0.1) is 0 Å². The average Bonchev–Trinajstić information content (AvgIpc) is 2.30. The van der Waals surface area contributed by atoms with Crippen LogP contribution in [0.5, 0.6) is 0 Å². The third-order valence-electron chi connectivity index (χ3n) is 2.30. The Morgan fingerprint density at radius 3 is 2.67 bits per heavy atom. The first-order chi connectivity index (χ1) is 7.38. The van der Waals surface area contributed by atoms with Crippen LogP contribution in [0.1, 0.15) is 38.7 Å². The molecule has 15 heavy (non-hydrogen) atoms. The highest BCUT2D eigenvalue weighted by atomic mass is 14.6. The summed E-state index contributed by atoms with van der Waals surface area (Å²) in [4.78, 5) is 4.04. The van der Waals surface area contributed by atoms with Crippen molar-refractivity contribution in [2.75, 3.05) is 0 Å². The smallest absolute Gasteiger partial charge is 0.0273 e. The highest BCUT2D eigenvalue weighted by Gasteiger charge is 1.97. The van der Waals surface area contributed by atoms with Crippen molar-refractivity contribution in [1.29, 1.82) is 0 Å². The lowest BCUT2D eigenvalue weighted by Crippen LogP contribution is -1.84. The van der Waals surface area contributed by atoms with Gasteiger partial charge in [-0.1, -0.05) is 31.6 Å². The van der Waals surface area contributed by atoms with Gasteiger partial charge in [-0.25, -0.2) is 0 Å². The molecule has 0 aliphatic heterocycles. The maximum absolute atomic E-state index is 4.04. The van der Waals surface area contributed by atoms with Crippen molar-refractivity contribution in [3.63, 3.8) is 0 Å². The van der Waals surface area contributed by atoms with Gasteiger partial charge in [-0.05, 0) is 43.0 Å². The first-order valence-electron chi connectivity index (χ1n) is 5.59. The number of nitrogens with zero attached hydrogens (tertiary/aromatic N) is 1. The Bertz CT molecular complexity index is 322. The zero-order valence-electron chi connectivity index (χ0n) is 9.61. The molecule has 0 bridgehead atoms. The molecule has 1 heterocycles. The van der Waals surface area contributed by atoms with Crippen molar-refractivity contribution in [2.45, 2.75) is 33.1 Å². The molecule has 1 rings (SSSR count). The normalized spacial score (nSPS) is 12.3. The van der Waals surface area contributed by atoms with Crippen LogP contribution in [0, 0.1) is 0 Å². The molecule has 0 N–H and O–H groups in total. The van der Waals surface area contributed by atoms with E-state index >= 15 is 0 Å². The summed E-state index contributed by atoms with van der Waals surface area (Å²) < 4.78 is 0. The number of pyridine rings is 1. The zero-order chi connectivity index (χ0) is 10.9. The number of aromatic nitrogens is 1. The van der Waals surface area contributed by atoms with Crippen LogP contribution in [-0.4, -0.2) is 4.98 Å². The first kappa shape index (κ1) is 11.7. The fourth-order valence-corrected chi connectivity index (χ4v) is 1.45. The van der Waals surface area contributed by atoms with E-state index in [9.17, 15) is 0 Å². The molecule has 0 amide bonds. The topological polar surface area (TPSA) is 12.9 Å². The lowest BCUT2D eigenvalue weighted by molar-refractivity contribution is 0.957. The minimum absolute atomic E-state index is 1.01. The van der Waals surface area contributed by atoms with Gasteiger partial charge in [0.1, 0.15) is 0 Å². The van der Waals surface area contributed by atoms with Gasteiger partial charge in [0.2, 0.25) is 0 Å². The zero-order valence-corrected chi connectivity index (χ0v) is 9.61. The van der Waals surface area contributed by atoms with Crippen molar-refractivity contribution < 1.29 is 0 Å². The number of unbranched alkanes of at least 4 members (excludes halogenated alkanes) is 1. The highest BCUT2D eigenvalue weighted by Crippen LogP contribution is 2.19. The fraction of sp³-hybridized carbons (Fsp3) is 0.357. The van der Waals surface area contributed by atoms with E-state index in [1.807, 2.05) is 12.4 Å². The van der Waals surface area contributed by atoms with E-state index in [1.54, 1.807) is 0 Å². The molecular formula is C14H19N. The van der Waals surface area contributed by atoms with Crippen LogP contribution < -0.4 is 0 Å². The van der Waals surface area contributed by atoms with Gasteiger partial charge in [0.25, 0.3) is 0 Å². The number of allylic oxidation sites excluding steroid dienone is 4. The second kappa shape index (κ2) is 6.99. The molecule has 0 aliphatic rings. The van der Waals surface area contributed by atoms with Gasteiger partial charge in [0, 0.05) is 12.4 Å². The Morgan fingerprint density at radius 1 is 1.33 bits per heavy atom. The Hall–Kier alpha value is -1.37. The van der Waals surface area contributed by atoms with E-state index in [4.69, 9.17) is 0 Å². The lowest BCUT2D eigenvalue weighted by atomic mass is 10.0. The van der Waals surface area contributed by atoms with E-state index in [2.05, 4.69) is 49.2 Å². The largest absolute Gasteiger partial charge is 0.265 e. The third kappa shape index (κ3) is 4.11. The molecule has 0 radical (unpaired) electrons. The molecule has 80 valence electrons. The third-order valence-corrected chi connectivity index (χ3v) is 2.30. The van der Waals surface area contributed by atoms with Crippen LogP contribution in [0.4, 0.5) is 0 Å². The molecule has 0 saturated carbocycles. The van der Waals surface area contributed by atoms with Crippen molar-refractivity contribution >= 4 is 5.57 Å². The molecule has 0 aromatic carbocycles. The summed E-state index contributed by atoms with van der Waals surface area (Å²) in [6, 6.07) is 4.15. The molecule has 1 aromatic heterocycles. The number of hydrogen-bond acceptors (Lipinski definition) is 1. The molecular weight excluding hydrogens is 182 g/mol. The molecule has 0 unspecified atom stereocenters. The Labute approximate surface area is 92.6 Å². The molecule has 1 aromatic rings. The van der Waals surface area contributed by atoms with Crippen molar-refractivity contribution in [1.82, 2.24) is 4.98 Å². The average molecular weight is 201 g/mol. The summed E-state index contributed by atoms with van der Waals surface area (Å²) in [6.45, 7) is 4.26. The van der Waals surface area contributed by atoms with Crippen LogP contribution in [0.25, 0.3) is 5.57 Å². The Morgan fingerprint density at radius 2 is 2.07 bits per heavy atom. The molecule has 1 heteroatoms. The summed E-state index contributed by atoms with van der Waals surface area (Å²) in [5, 5.41) is 0. The van der Waals surface area contributed by atoms with Gasteiger partial charge < -0.3 is 0 Å². The minimum Gasteiger partial charge on any atom is -0.265 e. The van der Waals surface area contributed by atoms with Gasteiger partial charge >= 0.3 is 0 Å². The van der Waals surface area contributed by atoms with Crippen molar-refractivity contribution in [3.05, 3.63) is 48.3 Å². The van der Waals surface area contributed by atoms with Gasteiger partial charge in [-0.2, -0.15) is 0 Å². The lowest BCUT2D eigenvalue weighted by Gasteiger charge is -2.04. The molecule has 0 aliphatic carbocycles. The summed E-state index contributed by atoms with van der Waals surface area (Å²) >= 11 is 0. The van der Waals surface area contributed by atoms with Crippen molar-refractivity contribution in [2.24, 2.45) is 0 Å². The quantitative estimate of drug-likeness (QED) is 0.649. The summed E-state index contributed by atoms with van der Waals surface area (Å²) in [5.74, 6) is 0. The van der Waals surface area contributed by atoms with E-state index in [0.717, 1.165) is 12.8 Å². The number of rotatable bonds is 5. The van der Waals surface area contributed by atoms with E-state index in [1.165, 1.54) is 17.6 Å². The molecule has 0 atom stereocenters. The Kier molecular flexibility index (Phi) is 5.46. The fourth-order valence-electron chi connectivity index (χ4n) is 1.45. The van der Waals surface area contributed by atoms with E-state index < -0.39 is 0 Å². The predicted octanol–water partition coefficient (Wildman–Crippen LogP) is 4.23. The predicted molar refractivity (Wildman–Crippen MR) is 66.6 cm³/mol. The van der Waals surface area contributed by atoms with Crippen LogP contribution in [0.15, 0.2) is 42.8 Å². The van der Waals surface area contributed by atoms with Gasteiger partial charge in [0.05, 0.1) is 0 Å². The standard InChI is InChI=1S/C14H19N/c1-3-5-7-13(8-6-4-2)14-9-11-15-12-10-14/h3,5,8-12H,4,6-7H2,1-2H3. The Balaban J connectivity index is 2.81. The summed E-state index contributed by atoms with van der Waals surface area (Å²) in [7, 11) is 0. The monoisotopic (exact) mass is 201 g/mol. The molecule has 0 spiro atoms. The first-order valence-corrected chi connectivity index (χ1v) is 5.59.